The molecule has 1 fully saturated rings. The van der Waals surface area contributed by atoms with Gasteiger partial charge in [0, 0.05) is 0 Å². The second-order valence-corrected chi connectivity index (χ2v) is 0.779. The first kappa shape index (κ1) is 2.57. The van der Waals surface area contributed by atoms with Crippen LogP contribution in [0.25, 0.3) is 0 Å². The van der Waals surface area contributed by atoms with Crippen molar-refractivity contribution in [2.24, 2.45) is 0 Å². The fraction of sp³-hybridized carbons (Fsp3) is 0.333. The van der Waals surface area contributed by atoms with Crippen molar-refractivity contribution in [2.75, 3.05) is 6.79 Å². The largest absolute Gasteiger partial charge is 0.428 e. The van der Waals surface area contributed by atoms with Gasteiger partial charge in [0.2, 0.25) is 6.79 Å². The molecule has 0 unspecified atom stereocenters. The van der Waals surface area contributed by atoms with Gasteiger partial charge in [-0.3, -0.25) is 0 Å². The zero-order valence-corrected chi connectivity index (χ0v) is 2.73. The molecule has 0 bridgehead atoms. The van der Waals surface area contributed by atoms with Crippen LogP contribution in [0.15, 0.2) is 12.5 Å². The van der Waals surface area contributed by atoms with Crippen molar-refractivity contribution in [1.29, 1.82) is 0 Å². The molecule has 0 aliphatic carbocycles. The maximum atomic E-state index is 4.51. The molecule has 0 saturated carbocycles. The summed E-state index contributed by atoms with van der Waals surface area (Å²) in [6, 6.07) is 0. The van der Waals surface area contributed by atoms with E-state index in [1.807, 2.05) is 0 Å². The molecule has 0 aromatic carbocycles. The van der Waals surface area contributed by atoms with E-state index in [9.17, 15) is 0 Å². The lowest BCUT2D eigenvalue weighted by atomic mass is 10.9. The van der Waals surface area contributed by atoms with Gasteiger partial charge in [-0.1, -0.05) is 0 Å². The molecule has 2 nitrogen and oxygen atoms in total. The molecule has 28 valence electrons. The molecule has 0 spiro atoms. The Hall–Kier alpha value is -0.660. The number of hydrogen-bond donors (Lipinski definition) is 0. The van der Waals surface area contributed by atoms with E-state index >= 15 is 0 Å². The fourth-order valence-electron chi connectivity index (χ4n) is 0.142. The van der Waals surface area contributed by atoms with Crippen molar-refractivity contribution in [2.45, 2.75) is 0 Å². The molecule has 0 amide bonds. The normalized spacial score (nSPS) is 18.8. The van der Waals surface area contributed by atoms with Gasteiger partial charge < -0.3 is 9.47 Å². The molecule has 0 aromatic rings. The Morgan fingerprint density at radius 1 is 1.60 bits per heavy atom. The van der Waals surface area contributed by atoms with Crippen LogP contribution in [0.4, 0.5) is 0 Å². The van der Waals surface area contributed by atoms with Gasteiger partial charge in [0.15, 0.2) is 0 Å². The third-order valence-electron chi connectivity index (χ3n) is 0.440. The Morgan fingerprint density at radius 2 is 2.00 bits per heavy atom. The molecule has 1 saturated heterocycles. The Bertz CT molecular complexity index is 51.9. The predicted octanol–water partition coefficient (Wildman–Crippen LogP) is 0.462. The molecule has 0 radical (unpaired) electrons. The quantitative estimate of drug-likeness (QED) is 0.414. The van der Waals surface area contributed by atoms with Crippen LogP contribution in [-0.4, -0.2) is 6.79 Å². The van der Waals surface area contributed by atoms with Crippen molar-refractivity contribution in [3.05, 3.63) is 12.5 Å². The minimum Gasteiger partial charge on any atom is -0.428 e. The molecular formula is C3H4O2. The highest BCUT2D eigenvalue weighted by atomic mass is 16.8. The molecule has 1 aliphatic heterocycles. The average molecular weight is 72.1 g/mol. The first-order valence-corrected chi connectivity index (χ1v) is 1.34. The summed E-state index contributed by atoms with van der Waals surface area (Å²) in [4.78, 5) is 0. The molecule has 1 aliphatic rings. The summed E-state index contributed by atoms with van der Waals surface area (Å²) >= 11 is 0. The second-order valence-electron chi connectivity index (χ2n) is 0.779. The minimum absolute atomic E-state index is 0.388. The van der Waals surface area contributed by atoms with Crippen LogP contribution in [-0.2, 0) is 9.47 Å². The van der Waals surface area contributed by atoms with Gasteiger partial charge in [0.25, 0.3) is 5.95 Å². The zero-order valence-electron chi connectivity index (χ0n) is 2.73. The molecule has 0 atom stereocenters. The van der Waals surface area contributed by atoms with E-state index in [1.54, 1.807) is 0 Å². The van der Waals surface area contributed by atoms with Crippen molar-refractivity contribution >= 4 is 0 Å². The Labute approximate surface area is 30.0 Å². The topological polar surface area (TPSA) is 18.5 Å². The lowest BCUT2D eigenvalue weighted by Crippen LogP contribution is -2.10. The van der Waals surface area contributed by atoms with Gasteiger partial charge in [-0.15, -0.1) is 0 Å². The van der Waals surface area contributed by atoms with E-state index in [0.29, 0.717) is 12.7 Å². The molecule has 1 rings (SSSR count). The highest BCUT2D eigenvalue weighted by Crippen LogP contribution is 2.05. The highest BCUT2D eigenvalue weighted by Gasteiger charge is 2.02. The molecule has 0 N–H and O–H groups in total. The van der Waals surface area contributed by atoms with Gasteiger partial charge in [0.1, 0.15) is 0 Å². The third-order valence-corrected chi connectivity index (χ3v) is 0.440. The highest BCUT2D eigenvalue weighted by molar-refractivity contribution is 4.71. The maximum Gasteiger partial charge on any atom is 0.277 e. The van der Waals surface area contributed by atoms with E-state index in [1.165, 1.54) is 0 Å². The Morgan fingerprint density at radius 3 is 2.00 bits per heavy atom. The van der Waals surface area contributed by atoms with Crippen LogP contribution in [0.5, 0.6) is 0 Å². The molecule has 2 heteroatoms. The monoisotopic (exact) mass is 72.0 g/mol. The molecule has 1 heterocycles. The van der Waals surface area contributed by atoms with Gasteiger partial charge in [0.05, 0.1) is 0 Å². The maximum absolute atomic E-state index is 4.51. The van der Waals surface area contributed by atoms with Crippen LogP contribution >= 0.6 is 0 Å². The van der Waals surface area contributed by atoms with Gasteiger partial charge in [-0.25, -0.2) is 0 Å². The number of ether oxygens (including phenoxy) is 2. The molecule has 0 aromatic heterocycles. The summed E-state index contributed by atoms with van der Waals surface area (Å²) in [6.45, 7) is 3.70. The molecule has 5 heavy (non-hydrogen) atoms. The third kappa shape index (κ3) is 0.210. The van der Waals surface area contributed by atoms with Gasteiger partial charge in [-0.05, 0) is 6.58 Å². The van der Waals surface area contributed by atoms with Crippen LogP contribution in [0, 0.1) is 0 Å². The lowest BCUT2D eigenvalue weighted by Gasteiger charge is -2.16. The summed E-state index contributed by atoms with van der Waals surface area (Å²) in [5, 5.41) is 0. The van der Waals surface area contributed by atoms with Gasteiger partial charge >= 0.3 is 0 Å². The summed E-state index contributed by atoms with van der Waals surface area (Å²) in [7, 11) is 0. The van der Waals surface area contributed by atoms with Crippen LogP contribution in [0.2, 0.25) is 0 Å². The van der Waals surface area contributed by atoms with Crippen LogP contribution < -0.4 is 0 Å². The smallest absolute Gasteiger partial charge is 0.277 e. The summed E-state index contributed by atoms with van der Waals surface area (Å²) < 4.78 is 9.03. The number of rotatable bonds is 0. The Balaban J connectivity index is 2.32. The first-order chi connectivity index (χ1) is 2.39. The Kier molecular flexibility index (Phi) is 0.330. The predicted molar refractivity (Wildman–Crippen MR) is 16.2 cm³/mol. The average Bonchev–Trinajstić information content (AvgIpc) is 1.30. The summed E-state index contributed by atoms with van der Waals surface area (Å²) in [5.74, 6) is 0.435. The van der Waals surface area contributed by atoms with Crippen LogP contribution in [0.1, 0.15) is 0 Å². The van der Waals surface area contributed by atoms with Crippen LogP contribution in [0.3, 0.4) is 0 Å². The lowest BCUT2D eigenvalue weighted by molar-refractivity contribution is -0.164. The van der Waals surface area contributed by atoms with E-state index in [2.05, 4.69) is 16.1 Å². The summed E-state index contributed by atoms with van der Waals surface area (Å²) in [5.41, 5.74) is 0. The second kappa shape index (κ2) is 0.641. The zero-order chi connectivity index (χ0) is 3.70. The van der Waals surface area contributed by atoms with Crippen molar-refractivity contribution < 1.29 is 9.47 Å². The van der Waals surface area contributed by atoms with Crippen molar-refractivity contribution in [1.82, 2.24) is 0 Å². The standard InChI is InChI=1S/C3H4O2/c1-3-4-2-5-3/h1-2H2. The number of hydrogen-bond acceptors (Lipinski definition) is 2. The van der Waals surface area contributed by atoms with E-state index in [4.69, 9.17) is 0 Å². The SMILES string of the molecule is C=C1OCO1. The van der Waals surface area contributed by atoms with E-state index in [-0.39, 0.29) is 0 Å². The fourth-order valence-corrected chi connectivity index (χ4v) is 0.142. The van der Waals surface area contributed by atoms with E-state index < -0.39 is 0 Å². The summed E-state index contributed by atoms with van der Waals surface area (Å²) in [6.07, 6.45) is 0. The first-order valence-electron chi connectivity index (χ1n) is 1.34. The van der Waals surface area contributed by atoms with Gasteiger partial charge in [-0.2, -0.15) is 0 Å². The van der Waals surface area contributed by atoms with Crippen molar-refractivity contribution in [3.8, 4) is 0 Å². The molecular weight excluding hydrogens is 68.0 g/mol. The minimum atomic E-state index is 0.388. The van der Waals surface area contributed by atoms with E-state index in [0.717, 1.165) is 0 Å². The van der Waals surface area contributed by atoms with Crippen molar-refractivity contribution in [3.63, 3.8) is 0 Å².